The molecule has 0 spiro atoms. The molecular formula is C16H31N. The lowest BCUT2D eigenvalue weighted by atomic mass is 9.76. The van der Waals surface area contributed by atoms with Crippen LogP contribution < -0.4 is 5.32 Å². The maximum absolute atomic E-state index is 4.02. The van der Waals surface area contributed by atoms with Crippen LogP contribution in [0.2, 0.25) is 0 Å². The van der Waals surface area contributed by atoms with Crippen molar-refractivity contribution in [3.8, 4) is 0 Å². The molecule has 0 saturated heterocycles. The van der Waals surface area contributed by atoms with Gasteiger partial charge < -0.3 is 5.32 Å². The van der Waals surface area contributed by atoms with Crippen LogP contribution in [0.5, 0.6) is 0 Å². The van der Waals surface area contributed by atoms with Gasteiger partial charge in [0.15, 0.2) is 0 Å². The Morgan fingerprint density at radius 3 is 2.41 bits per heavy atom. The van der Waals surface area contributed by atoms with Gasteiger partial charge in [-0.25, -0.2) is 0 Å². The summed E-state index contributed by atoms with van der Waals surface area (Å²) >= 11 is 0. The van der Waals surface area contributed by atoms with E-state index >= 15 is 0 Å². The lowest BCUT2D eigenvalue weighted by molar-refractivity contribution is 0.171. The highest BCUT2D eigenvalue weighted by Gasteiger charge is 2.30. The first-order chi connectivity index (χ1) is 8.16. The summed E-state index contributed by atoms with van der Waals surface area (Å²) in [4.78, 5) is 0. The molecular weight excluding hydrogens is 206 g/mol. The van der Waals surface area contributed by atoms with E-state index < -0.39 is 0 Å². The summed E-state index contributed by atoms with van der Waals surface area (Å²) in [7, 11) is 0. The average molecular weight is 237 g/mol. The van der Waals surface area contributed by atoms with Gasteiger partial charge in [-0.15, -0.1) is 0 Å². The van der Waals surface area contributed by atoms with Gasteiger partial charge in [-0.2, -0.15) is 0 Å². The summed E-state index contributed by atoms with van der Waals surface area (Å²) in [6.07, 6.45) is 11.5. The Hall–Kier alpha value is -0.0400. The SMILES string of the molecule is CC1CCCC(NC2CCCCC2C(C)C)C1. The van der Waals surface area contributed by atoms with Crippen molar-refractivity contribution in [3.05, 3.63) is 0 Å². The summed E-state index contributed by atoms with van der Waals surface area (Å²) in [5.74, 6) is 2.73. The molecule has 4 unspecified atom stereocenters. The first kappa shape index (κ1) is 13.4. The Balaban J connectivity index is 1.86. The van der Waals surface area contributed by atoms with E-state index in [1.807, 2.05) is 0 Å². The molecule has 2 rings (SSSR count). The van der Waals surface area contributed by atoms with Gasteiger partial charge in [-0.3, -0.25) is 0 Å². The molecule has 4 atom stereocenters. The third-order valence-corrected chi connectivity index (χ3v) is 5.06. The highest BCUT2D eigenvalue weighted by Crippen LogP contribution is 2.32. The summed E-state index contributed by atoms with van der Waals surface area (Å²) in [6, 6.07) is 1.64. The molecule has 1 heteroatoms. The van der Waals surface area contributed by atoms with Gasteiger partial charge in [-0.1, -0.05) is 46.5 Å². The molecule has 1 N–H and O–H groups in total. The van der Waals surface area contributed by atoms with E-state index in [2.05, 4.69) is 26.1 Å². The minimum Gasteiger partial charge on any atom is -0.311 e. The van der Waals surface area contributed by atoms with Gasteiger partial charge in [0, 0.05) is 12.1 Å². The van der Waals surface area contributed by atoms with Gasteiger partial charge in [0.05, 0.1) is 0 Å². The zero-order valence-electron chi connectivity index (χ0n) is 12.0. The molecule has 0 aliphatic heterocycles. The van der Waals surface area contributed by atoms with Crippen molar-refractivity contribution in [2.45, 2.75) is 84.2 Å². The maximum atomic E-state index is 4.02. The predicted molar refractivity (Wildman–Crippen MR) is 75.1 cm³/mol. The molecule has 2 saturated carbocycles. The number of rotatable bonds is 3. The molecule has 2 aliphatic carbocycles. The van der Waals surface area contributed by atoms with Crippen LogP contribution in [0.3, 0.4) is 0 Å². The Morgan fingerprint density at radius 2 is 1.71 bits per heavy atom. The van der Waals surface area contributed by atoms with E-state index in [-0.39, 0.29) is 0 Å². The highest BCUT2D eigenvalue weighted by atomic mass is 15.0. The topological polar surface area (TPSA) is 12.0 Å². The average Bonchev–Trinajstić information content (AvgIpc) is 2.29. The van der Waals surface area contributed by atoms with Crippen molar-refractivity contribution in [2.75, 3.05) is 0 Å². The fraction of sp³-hybridized carbons (Fsp3) is 1.00. The minimum absolute atomic E-state index is 0.819. The quantitative estimate of drug-likeness (QED) is 0.768. The second-order valence-electron chi connectivity index (χ2n) is 6.93. The molecule has 0 amide bonds. The van der Waals surface area contributed by atoms with E-state index in [1.165, 1.54) is 51.4 Å². The zero-order valence-corrected chi connectivity index (χ0v) is 12.0. The third kappa shape index (κ3) is 3.71. The first-order valence-electron chi connectivity index (χ1n) is 7.93. The molecule has 17 heavy (non-hydrogen) atoms. The van der Waals surface area contributed by atoms with Crippen molar-refractivity contribution < 1.29 is 0 Å². The van der Waals surface area contributed by atoms with Crippen molar-refractivity contribution in [2.24, 2.45) is 17.8 Å². The molecule has 2 fully saturated rings. The Morgan fingerprint density at radius 1 is 0.941 bits per heavy atom. The Kier molecular flexibility index (Phi) is 4.90. The Bertz CT molecular complexity index is 224. The zero-order chi connectivity index (χ0) is 12.3. The van der Waals surface area contributed by atoms with Crippen molar-refractivity contribution in [1.29, 1.82) is 0 Å². The summed E-state index contributed by atoms with van der Waals surface area (Å²) < 4.78 is 0. The van der Waals surface area contributed by atoms with Crippen molar-refractivity contribution in [1.82, 2.24) is 5.32 Å². The first-order valence-corrected chi connectivity index (χ1v) is 7.93. The third-order valence-electron chi connectivity index (χ3n) is 5.06. The lowest BCUT2D eigenvalue weighted by Gasteiger charge is -2.39. The molecule has 1 nitrogen and oxygen atoms in total. The minimum atomic E-state index is 0.819. The molecule has 2 aliphatic rings. The largest absolute Gasteiger partial charge is 0.311 e. The predicted octanol–water partition coefficient (Wildman–Crippen LogP) is 4.37. The van der Waals surface area contributed by atoms with Gasteiger partial charge >= 0.3 is 0 Å². The van der Waals surface area contributed by atoms with Crippen LogP contribution in [0.15, 0.2) is 0 Å². The van der Waals surface area contributed by atoms with Crippen molar-refractivity contribution in [3.63, 3.8) is 0 Å². The molecule has 0 aromatic heterocycles. The molecule has 0 aromatic carbocycles. The second-order valence-corrected chi connectivity index (χ2v) is 6.93. The smallest absolute Gasteiger partial charge is 0.0100 e. The molecule has 100 valence electrons. The monoisotopic (exact) mass is 237 g/mol. The van der Waals surface area contributed by atoms with Gasteiger partial charge in [0.25, 0.3) is 0 Å². The summed E-state index contributed by atoms with van der Waals surface area (Å²) in [5.41, 5.74) is 0. The highest BCUT2D eigenvalue weighted by molar-refractivity contribution is 4.87. The number of nitrogens with one attached hydrogen (secondary N) is 1. The van der Waals surface area contributed by atoms with Crippen LogP contribution in [0, 0.1) is 17.8 Å². The second kappa shape index (κ2) is 6.22. The van der Waals surface area contributed by atoms with Crippen LogP contribution in [-0.4, -0.2) is 12.1 Å². The summed E-state index contributed by atoms with van der Waals surface area (Å²) in [5, 5.41) is 4.02. The normalized spacial score (nSPS) is 39.5. The van der Waals surface area contributed by atoms with Crippen molar-refractivity contribution >= 4 is 0 Å². The number of hydrogen-bond donors (Lipinski definition) is 1. The number of hydrogen-bond acceptors (Lipinski definition) is 1. The van der Waals surface area contributed by atoms with Gasteiger partial charge in [0.1, 0.15) is 0 Å². The lowest BCUT2D eigenvalue weighted by Crippen LogP contribution is -2.47. The van der Waals surface area contributed by atoms with Crippen LogP contribution in [-0.2, 0) is 0 Å². The van der Waals surface area contributed by atoms with Crippen LogP contribution in [0.25, 0.3) is 0 Å². The van der Waals surface area contributed by atoms with E-state index in [0.29, 0.717) is 0 Å². The van der Waals surface area contributed by atoms with E-state index in [0.717, 1.165) is 29.8 Å². The maximum Gasteiger partial charge on any atom is 0.0100 e. The fourth-order valence-electron chi connectivity index (χ4n) is 4.05. The van der Waals surface area contributed by atoms with Crippen LogP contribution in [0.1, 0.15) is 72.1 Å². The standard InChI is InChI=1S/C16H31N/c1-12(2)15-9-4-5-10-16(15)17-14-8-6-7-13(3)11-14/h12-17H,4-11H2,1-3H3. The molecule has 0 radical (unpaired) electrons. The van der Waals surface area contributed by atoms with Gasteiger partial charge in [0.2, 0.25) is 0 Å². The van der Waals surface area contributed by atoms with E-state index in [4.69, 9.17) is 0 Å². The van der Waals surface area contributed by atoms with E-state index in [9.17, 15) is 0 Å². The molecule has 0 aromatic rings. The fourth-order valence-corrected chi connectivity index (χ4v) is 4.05. The molecule has 0 bridgehead atoms. The van der Waals surface area contributed by atoms with E-state index in [1.54, 1.807) is 0 Å². The van der Waals surface area contributed by atoms with Gasteiger partial charge in [-0.05, 0) is 43.4 Å². The van der Waals surface area contributed by atoms with Crippen LogP contribution >= 0.6 is 0 Å². The Labute approximate surface area is 108 Å². The molecule has 0 heterocycles. The van der Waals surface area contributed by atoms with Crippen LogP contribution in [0.4, 0.5) is 0 Å². The summed E-state index contributed by atoms with van der Waals surface area (Å²) in [6.45, 7) is 7.25.